The van der Waals surface area contributed by atoms with Crippen molar-refractivity contribution in [3.05, 3.63) is 41.5 Å². The van der Waals surface area contributed by atoms with Gasteiger partial charge >= 0.3 is 0 Å². The lowest BCUT2D eigenvalue weighted by atomic mass is 10.1. The van der Waals surface area contributed by atoms with Gasteiger partial charge in [-0.3, -0.25) is 0 Å². The van der Waals surface area contributed by atoms with Gasteiger partial charge in [0.1, 0.15) is 5.82 Å². The Morgan fingerprint density at radius 2 is 2.12 bits per heavy atom. The van der Waals surface area contributed by atoms with E-state index in [9.17, 15) is 4.39 Å². The van der Waals surface area contributed by atoms with Gasteiger partial charge in [0.05, 0.1) is 13.2 Å². The van der Waals surface area contributed by atoms with Crippen LogP contribution < -0.4 is 0 Å². The Labute approximate surface area is 91.5 Å². The first-order valence-electron chi connectivity index (χ1n) is 4.90. The molecule has 0 bridgehead atoms. The Balaban J connectivity index is 2.20. The molecule has 1 aromatic heterocycles. The molecule has 2 rings (SSSR count). The molecule has 0 spiro atoms. The van der Waals surface area contributed by atoms with E-state index in [0.29, 0.717) is 24.4 Å². The summed E-state index contributed by atoms with van der Waals surface area (Å²) < 4.78 is 14.8. The second kappa shape index (κ2) is 4.80. The maximum absolute atomic E-state index is 13.4. The number of rotatable bonds is 4. The van der Waals surface area contributed by atoms with E-state index in [0.717, 1.165) is 0 Å². The summed E-state index contributed by atoms with van der Waals surface area (Å²) in [5.74, 6) is 0.264. The number of aromatic nitrogens is 4. The molecule has 0 saturated carbocycles. The number of hydrogen-bond acceptors (Lipinski definition) is 4. The highest BCUT2D eigenvalue weighted by Crippen LogP contribution is 2.10. The summed E-state index contributed by atoms with van der Waals surface area (Å²) in [6.07, 6.45) is 0.319. The van der Waals surface area contributed by atoms with Gasteiger partial charge in [-0.1, -0.05) is 18.2 Å². The number of hydrogen-bond donors (Lipinski definition) is 1. The molecule has 16 heavy (non-hydrogen) atoms. The number of aliphatic hydroxyl groups is 1. The van der Waals surface area contributed by atoms with Gasteiger partial charge in [-0.25, -0.2) is 9.07 Å². The second-order valence-corrected chi connectivity index (χ2v) is 3.31. The maximum atomic E-state index is 13.4. The number of nitrogens with zero attached hydrogens (tertiary/aromatic N) is 4. The molecule has 0 aliphatic carbocycles. The monoisotopic (exact) mass is 222 g/mol. The third kappa shape index (κ3) is 2.22. The summed E-state index contributed by atoms with van der Waals surface area (Å²) in [7, 11) is 0. The Hall–Kier alpha value is -1.82. The molecule has 0 aliphatic rings. The van der Waals surface area contributed by atoms with Crippen molar-refractivity contribution in [3.8, 4) is 0 Å². The SMILES string of the molecule is OCCn1nnnc1Cc1ccccc1F. The Kier molecular flexibility index (Phi) is 3.21. The van der Waals surface area contributed by atoms with Gasteiger partial charge in [0.15, 0.2) is 5.82 Å². The van der Waals surface area contributed by atoms with E-state index in [1.165, 1.54) is 10.7 Å². The van der Waals surface area contributed by atoms with E-state index in [1.807, 2.05) is 0 Å². The quantitative estimate of drug-likeness (QED) is 0.813. The molecular formula is C10H11FN4O. The van der Waals surface area contributed by atoms with Crippen LogP contribution in [0.5, 0.6) is 0 Å². The van der Waals surface area contributed by atoms with Crippen LogP contribution in [0.3, 0.4) is 0 Å². The van der Waals surface area contributed by atoms with Gasteiger partial charge in [-0.15, -0.1) is 5.10 Å². The lowest BCUT2D eigenvalue weighted by Gasteiger charge is -2.03. The molecule has 6 heteroatoms. The Morgan fingerprint density at radius 1 is 1.31 bits per heavy atom. The molecule has 0 aliphatic heterocycles. The van der Waals surface area contributed by atoms with E-state index < -0.39 is 0 Å². The van der Waals surface area contributed by atoms with Crippen LogP contribution in [0, 0.1) is 5.82 Å². The normalized spacial score (nSPS) is 10.6. The first-order valence-corrected chi connectivity index (χ1v) is 4.90. The summed E-state index contributed by atoms with van der Waals surface area (Å²) in [6, 6.07) is 6.48. The molecule has 0 atom stereocenters. The highest BCUT2D eigenvalue weighted by Gasteiger charge is 2.09. The standard InChI is InChI=1S/C10H11FN4O/c11-9-4-2-1-3-8(9)7-10-12-13-14-15(10)5-6-16/h1-4,16H,5-7H2. The van der Waals surface area contributed by atoms with E-state index in [-0.39, 0.29) is 12.4 Å². The zero-order valence-electron chi connectivity index (χ0n) is 8.54. The summed E-state index contributed by atoms with van der Waals surface area (Å²) >= 11 is 0. The lowest BCUT2D eigenvalue weighted by molar-refractivity contribution is 0.266. The van der Waals surface area contributed by atoms with Crippen LogP contribution in [0.2, 0.25) is 0 Å². The van der Waals surface area contributed by atoms with Crippen LogP contribution >= 0.6 is 0 Å². The first-order chi connectivity index (χ1) is 7.81. The smallest absolute Gasteiger partial charge is 0.155 e. The summed E-state index contributed by atoms with van der Waals surface area (Å²) in [5.41, 5.74) is 0.538. The maximum Gasteiger partial charge on any atom is 0.155 e. The van der Waals surface area contributed by atoms with E-state index in [2.05, 4.69) is 15.5 Å². The predicted octanol–water partition coefficient (Wildman–Crippen LogP) is 0.395. The molecule has 1 aromatic carbocycles. The van der Waals surface area contributed by atoms with E-state index >= 15 is 0 Å². The average Bonchev–Trinajstić information content (AvgIpc) is 2.70. The van der Waals surface area contributed by atoms with Crippen LogP contribution in [0.4, 0.5) is 4.39 Å². The second-order valence-electron chi connectivity index (χ2n) is 3.31. The fourth-order valence-corrected chi connectivity index (χ4v) is 1.43. The van der Waals surface area contributed by atoms with E-state index in [4.69, 9.17) is 5.11 Å². The van der Waals surface area contributed by atoms with Crippen LogP contribution in [0.1, 0.15) is 11.4 Å². The lowest BCUT2D eigenvalue weighted by Crippen LogP contribution is -2.09. The third-order valence-corrected chi connectivity index (χ3v) is 2.22. The van der Waals surface area contributed by atoms with Crippen molar-refractivity contribution in [1.29, 1.82) is 0 Å². The molecule has 0 amide bonds. The van der Waals surface area contributed by atoms with Crippen molar-refractivity contribution in [1.82, 2.24) is 20.2 Å². The molecule has 84 valence electrons. The number of benzene rings is 1. The molecule has 2 aromatic rings. The van der Waals surface area contributed by atoms with E-state index in [1.54, 1.807) is 18.2 Å². The van der Waals surface area contributed by atoms with Crippen LogP contribution in [0.25, 0.3) is 0 Å². The van der Waals surface area contributed by atoms with Crippen LogP contribution in [-0.2, 0) is 13.0 Å². The molecule has 1 heterocycles. The highest BCUT2D eigenvalue weighted by molar-refractivity contribution is 5.20. The van der Waals surface area contributed by atoms with Crippen molar-refractivity contribution >= 4 is 0 Å². The molecule has 0 radical (unpaired) electrons. The van der Waals surface area contributed by atoms with Crippen molar-refractivity contribution < 1.29 is 9.50 Å². The van der Waals surface area contributed by atoms with Crippen LogP contribution in [-0.4, -0.2) is 31.9 Å². The van der Waals surface area contributed by atoms with Crippen LogP contribution in [0.15, 0.2) is 24.3 Å². The molecule has 5 nitrogen and oxygen atoms in total. The average molecular weight is 222 g/mol. The minimum Gasteiger partial charge on any atom is -0.394 e. The van der Waals surface area contributed by atoms with Gasteiger partial charge in [0, 0.05) is 6.42 Å². The van der Waals surface area contributed by atoms with Gasteiger partial charge in [0.25, 0.3) is 0 Å². The largest absolute Gasteiger partial charge is 0.394 e. The number of aliphatic hydroxyl groups excluding tert-OH is 1. The third-order valence-electron chi connectivity index (χ3n) is 2.22. The molecular weight excluding hydrogens is 211 g/mol. The zero-order chi connectivity index (χ0) is 11.4. The minimum absolute atomic E-state index is 0.0463. The first kappa shape index (κ1) is 10.7. The van der Waals surface area contributed by atoms with Gasteiger partial charge in [0.2, 0.25) is 0 Å². The number of tetrazole rings is 1. The summed E-state index contributed by atoms with van der Waals surface area (Å²) in [4.78, 5) is 0. The Bertz CT molecular complexity index is 471. The number of halogens is 1. The van der Waals surface area contributed by atoms with Crippen molar-refractivity contribution in [3.63, 3.8) is 0 Å². The highest BCUT2D eigenvalue weighted by atomic mass is 19.1. The van der Waals surface area contributed by atoms with Gasteiger partial charge < -0.3 is 5.11 Å². The minimum atomic E-state index is -0.277. The molecule has 0 saturated heterocycles. The van der Waals surface area contributed by atoms with Crippen molar-refractivity contribution in [2.75, 3.05) is 6.61 Å². The predicted molar refractivity (Wildman–Crippen MR) is 54.1 cm³/mol. The molecule has 1 N–H and O–H groups in total. The fraction of sp³-hybridized carbons (Fsp3) is 0.300. The molecule has 0 fully saturated rings. The summed E-state index contributed by atoms with van der Waals surface area (Å²) in [5, 5.41) is 19.8. The van der Waals surface area contributed by atoms with Gasteiger partial charge in [-0.05, 0) is 22.1 Å². The fourth-order valence-electron chi connectivity index (χ4n) is 1.43. The Morgan fingerprint density at radius 3 is 2.88 bits per heavy atom. The van der Waals surface area contributed by atoms with Crippen molar-refractivity contribution in [2.45, 2.75) is 13.0 Å². The molecule has 0 unspecified atom stereocenters. The summed E-state index contributed by atoms with van der Waals surface area (Å²) in [6.45, 7) is 0.270. The zero-order valence-corrected chi connectivity index (χ0v) is 8.54. The van der Waals surface area contributed by atoms with Gasteiger partial charge in [-0.2, -0.15) is 0 Å². The topological polar surface area (TPSA) is 63.8 Å². The van der Waals surface area contributed by atoms with Crippen molar-refractivity contribution in [2.24, 2.45) is 0 Å².